The molecule has 0 aliphatic heterocycles. The maximum Gasteiger partial charge on any atom is 0.349 e. The highest BCUT2D eigenvalue weighted by Gasteiger charge is 2.48. The van der Waals surface area contributed by atoms with E-state index in [1.165, 1.54) is 0 Å². The van der Waals surface area contributed by atoms with Crippen LogP contribution < -0.4 is 0 Å². The van der Waals surface area contributed by atoms with Crippen LogP contribution in [0.15, 0.2) is 0 Å². The van der Waals surface area contributed by atoms with Gasteiger partial charge in [0.05, 0.1) is 19.3 Å². The fraction of sp³-hybridized carbons (Fsp3) is 0.538. The minimum absolute atomic E-state index is 0.933. The Labute approximate surface area is 144 Å². The molecule has 0 aliphatic carbocycles. The summed E-state index contributed by atoms with van der Waals surface area (Å²) in [5, 5.41) is 44.5. The van der Waals surface area contributed by atoms with E-state index in [1.54, 1.807) is 0 Å². The summed E-state index contributed by atoms with van der Waals surface area (Å²) in [6.07, 6.45) is -8.02. The number of carboxylic acids is 4. The molecule has 0 saturated carbocycles. The summed E-state index contributed by atoms with van der Waals surface area (Å²) in [4.78, 5) is 66.8. The molecular weight excluding hydrogens is 364 g/mol. The Morgan fingerprint density at radius 3 is 1.85 bits per heavy atom. The summed E-state index contributed by atoms with van der Waals surface area (Å²) in [6, 6.07) is 0. The van der Waals surface area contributed by atoms with Crippen LogP contribution in [0.2, 0.25) is 0 Å². The molecule has 0 heterocycles. The van der Waals surface area contributed by atoms with Crippen molar-refractivity contribution in [2.75, 3.05) is 0 Å². The summed E-state index contributed by atoms with van der Waals surface area (Å²) >= 11 is 0. The Morgan fingerprint density at radius 1 is 0.923 bits per heavy atom. The van der Waals surface area contributed by atoms with Crippen molar-refractivity contribution in [3.63, 3.8) is 0 Å². The third kappa shape index (κ3) is 7.12. The van der Waals surface area contributed by atoms with Crippen LogP contribution >= 0.6 is 0 Å². The highest BCUT2D eigenvalue weighted by molar-refractivity contribution is 5.92. The van der Waals surface area contributed by atoms with Crippen molar-refractivity contribution >= 4 is 35.8 Å². The number of carbonyl (C=O) groups excluding carboxylic acids is 2. The van der Waals surface area contributed by atoms with Crippen molar-refractivity contribution < 1.29 is 63.8 Å². The van der Waals surface area contributed by atoms with Gasteiger partial charge in [-0.25, -0.2) is 14.4 Å². The van der Waals surface area contributed by atoms with Crippen molar-refractivity contribution in [2.45, 2.75) is 44.0 Å². The van der Waals surface area contributed by atoms with Crippen LogP contribution in [-0.2, 0) is 38.2 Å². The zero-order chi connectivity index (χ0) is 20.7. The fourth-order valence-electron chi connectivity index (χ4n) is 1.61. The van der Waals surface area contributed by atoms with Gasteiger partial charge in [-0.1, -0.05) is 0 Å². The molecule has 0 aromatic heterocycles. The first kappa shape index (κ1) is 22.8. The molecule has 0 saturated heterocycles. The number of ether oxygens (including phenoxy) is 2. The first-order chi connectivity index (χ1) is 11.8. The van der Waals surface area contributed by atoms with Crippen molar-refractivity contribution in [3.8, 4) is 0 Å². The van der Waals surface area contributed by atoms with Gasteiger partial charge in [0.25, 0.3) is 0 Å². The van der Waals surface area contributed by atoms with E-state index >= 15 is 0 Å². The SMILES string of the molecule is CC(OC(=O)CC(CC(=O)O)(OC(=O)C(O)CC(=O)O)C(=O)O)C(=O)O. The molecule has 26 heavy (non-hydrogen) atoms. The van der Waals surface area contributed by atoms with E-state index < -0.39 is 72.9 Å². The summed E-state index contributed by atoms with van der Waals surface area (Å²) in [7, 11) is 0. The molecule has 3 atom stereocenters. The second kappa shape index (κ2) is 9.31. The molecule has 13 heteroatoms. The molecule has 0 rings (SSSR count). The number of aliphatic carboxylic acids is 4. The largest absolute Gasteiger partial charge is 0.481 e. The number of hydrogen-bond acceptors (Lipinski definition) is 9. The van der Waals surface area contributed by atoms with Crippen molar-refractivity contribution in [1.29, 1.82) is 0 Å². The monoisotopic (exact) mass is 380 g/mol. The lowest BCUT2D eigenvalue weighted by atomic mass is 9.95. The quantitative estimate of drug-likeness (QED) is 0.247. The predicted molar refractivity (Wildman–Crippen MR) is 74.8 cm³/mol. The summed E-state index contributed by atoms with van der Waals surface area (Å²) in [5.74, 6) is -10.4. The number of carboxylic acid groups (broad SMARTS) is 4. The highest BCUT2D eigenvalue weighted by atomic mass is 16.6. The Balaban J connectivity index is 5.54. The second-order valence-corrected chi connectivity index (χ2v) is 5.05. The second-order valence-electron chi connectivity index (χ2n) is 5.05. The standard InChI is InChI=1S/C13H16O13/c1-5(10(20)21)25-9(19)4-13(12(23)24,3-8(17)18)26-11(22)6(14)2-7(15)16/h5-6,14H,2-4H2,1H3,(H,15,16)(H,17,18)(H,20,21)(H,23,24). The number of aliphatic hydroxyl groups is 1. The van der Waals surface area contributed by atoms with Crippen molar-refractivity contribution in [2.24, 2.45) is 0 Å². The van der Waals surface area contributed by atoms with Crippen LogP contribution in [0, 0.1) is 0 Å². The number of hydrogen-bond donors (Lipinski definition) is 5. The smallest absolute Gasteiger partial charge is 0.349 e. The lowest BCUT2D eigenvalue weighted by Crippen LogP contribution is -2.49. The molecule has 3 unspecified atom stereocenters. The third-order valence-electron chi connectivity index (χ3n) is 2.85. The molecule has 0 fully saturated rings. The summed E-state index contributed by atoms with van der Waals surface area (Å²) < 4.78 is 8.77. The predicted octanol–water partition coefficient (Wildman–Crippen LogP) is -1.93. The Hall–Kier alpha value is -3.22. The zero-order valence-electron chi connectivity index (χ0n) is 13.3. The normalized spacial score (nSPS) is 15.0. The van der Waals surface area contributed by atoms with Crippen molar-refractivity contribution in [1.82, 2.24) is 0 Å². The van der Waals surface area contributed by atoms with Crippen LogP contribution in [0.1, 0.15) is 26.2 Å². The van der Waals surface area contributed by atoms with Crippen molar-refractivity contribution in [3.05, 3.63) is 0 Å². The van der Waals surface area contributed by atoms with E-state index in [-0.39, 0.29) is 0 Å². The van der Waals surface area contributed by atoms with Gasteiger partial charge in [-0.15, -0.1) is 0 Å². The Kier molecular flexibility index (Phi) is 8.16. The molecular formula is C13H16O13. The number of rotatable bonds is 11. The molecule has 0 aliphatic rings. The van der Waals surface area contributed by atoms with Crippen LogP contribution in [0.25, 0.3) is 0 Å². The van der Waals surface area contributed by atoms with Gasteiger partial charge in [0.1, 0.15) is 0 Å². The van der Waals surface area contributed by atoms with Gasteiger partial charge in [0.2, 0.25) is 5.60 Å². The van der Waals surface area contributed by atoms with E-state index in [4.69, 9.17) is 15.3 Å². The molecule has 146 valence electrons. The fourth-order valence-corrected chi connectivity index (χ4v) is 1.61. The van der Waals surface area contributed by atoms with Gasteiger partial charge in [0.15, 0.2) is 12.2 Å². The minimum Gasteiger partial charge on any atom is -0.481 e. The van der Waals surface area contributed by atoms with E-state index in [1.807, 2.05) is 0 Å². The van der Waals surface area contributed by atoms with Gasteiger partial charge in [-0.3, -0.25) is 14.4 Å². The van der Waals surface area contributed by atoms with Crippen LogP contribution in [0.4, 0.5) is 0 Å². The topological polar surface area (TPSA) is 222 Å². The number of aliphatic hydroxyl groups excluding tert-OH is 1. The third-order valence-corrected chi connectivity index (χ3v) is 2.85. The average Bonchev–Trinajstić information content (AvgIpc) is 2.44. The van der Waals surface area contributed by atoms with Gasteiger partial charge in [0, 0.05) is 0 Å². The maximum atomic E-state index is 11.7. The molecule has 0 bridgehead atoms. The molecule has 0 amide bonds. The first-order valence-corrected chi connectivity index (χ1v) is 6.81. The number of esters is 2. The molecule has 0 radical (unpaired) electrons. The summed E-state index contributed by atoms with van der Waals surface area (Å²) in [6.45, 7) is 0.933. The number of carbonyl (C=O) groups is 6. The Bertz CT molecular complexity index is 609. The molecule has 13 nitrogen and oxygen atoms in total. The van der Waals surface area contributed by atoms with Gasteiger partial charge >= 0.3 is 35.8 Å². The maximum absolute atomic E-state index is 11.7. The van der Waals surface area contributed by atoms with Gasteiger partial charge in [-0.2, -0.15) is 0 Å². The lowest BCUT2D eigenvalue weighted by molar-refractivity contribution is -0.193. The van der Waals surface area contributed by atoms with E-state index in [2.05, 4.69) is 9.47 Å². The van der Waals surface area contributed by atoms with E-state index in [0.717, 1.165) is 6.92 Å². The molecule has 5 N–H and O–H groups in total. The van der Waals surface area contributed by atoms with E-state index in [9.17, 15) is 39.0 Å². The first-order valence-electron chi connectivity index (χ1n) is 6.81. The molecule has 0 aromatic carbocycles. The van der Waals surface area contributed by atoms with Crippen LogP contribution in [0.3, 0.4) is 0 Å². The Morgan fingerprint density at radius 2 is 1.46 bits per heavy atom. The lowest BCUT2D eigenvalue weighted by Gasteiger charge is -2.28. The van der Waals surface area contributed by atoms with Crippen LogP contribution in [0.5, 0.6) is 0 Å². The zero-order valence-corrected chi connectivity index (χ0v) is 13.3. The van der Waals surface area contributed by atoms with Gasteiger partial charge in [-0.05, 0) is 6.92 Å². The highest BCUT2D eigenvalue weighted by Crippen LogP contribution is 2.24. The molecule has 0 spiro atoms. The molecule has 0 aromatic rings. The minimum atomic E-state index is -3.04. The van der Waals surface area contributed by atoms with E-state index in [0.29, 0.717) is 0 Å². The average molecular weight is 380 g/mol. The van der Waals surface area contributed by atoms with Crippen LogP contribution in [-0.4, -0.2) is 79.2 Å². The summed E-state index contributed by atoms with van der Waals surface area (Å²) in [5.41, 5.74) is -3.04. The van der Waals surface area contributed by atoms with Gasteiger partial charge < -0.3 is 35.0 Å².